The number of benzene rings is 2. The summed E-state index contributed by atoms with van der Waals surface area (Å²) in [6, 6.07) is 8.40. The van der Waals surface area contributed by atoms with Crippen LogP contribution >= 0.6 is 27.5 Å². The Balaban J connectivity index is 2.14. The van der Waals surface area contributed by atoms with E-state index in [0.717, 1.165) is 4.47 Å². The number of ether oxygens (including phenoxy) is 2. The van der Waals surface area contributed by atoms with E-state index in [4.69, 9.17) is 26.8 Å². The number of fused-ring (bicyclic) bond motifs is 1. The number of rotatable bonds is 7. The average Bonchev–Trinajstić information content (AvgIpc) is 2.71. The predicted octanol–water partition coefficient (Wildman–Crippen LogP) is 3.13. The maximum atomic E-state index is 13.0. The number of carbonyl (C=O) groups excluding carboxylic acids is 1. The molecule has 0 aliphatic heterocycles. The summed E-state index contributed by atoms with van der Waals surface area (Å²) in [6.45, 7) is 1.52. The predicted molar refractivity (Wildman–Crippen MR) is 119 cm³/mol. The molecule has 156 valence electrons. The lowest BCUT2D eigenvalue weighted by atomic mass is 10.2. The minimum absolute atomic E-state index is 0.229. The lowest BCUT2D eigenvalue weighted by Gasteiger charge is -2.13. The molecule has 30 heavy (non-hydrogen) atoms. The monoisotopic (exact) mass is 492 g/mol. The number of aryl methyl sites for hydroxylation is 1. The first-order chi connectivity index (χ1) is 14.3. The van der Waals surface area contributed by atoms with Gasteiger partial charge in [-0.05, 0) is 24.3 Å². The molecule has 2 N–H and O–H groups in total. The van der Waals surface area contributed by atoms with Crippen LogP contribution in [0.1, 0.15) is 18.3 Å². The number of hydrogen-bond acceptors (Lipinski definition) is 6. The zero-order valence-electron chi connectivity index (χ0n) is 16.2. The summed E-state index contributed by atoms with van der Waals surface area (Å²) >= 11 is 9.52. The standard InChI is InChI=1S/C20H18BrClN4O4/c1-3-18-25-15-5-4-12(21)7-14(15)20(28)26(18)24-9-11-6-13(22)8-16(29-2)19(11)30-10-17(23)27/h4-9H,3,10H2,1-2H3,(H2,23,27). The van der Waals surface area contributed by atoms with Crippen molar-refractivity contribution in [1.82, 2.24) is 9.66 Å². The van der Waals surface area contributed by atoms with Crippen LogP contribution in [0.3, 0.4) is 0 Å². The summed E-state index contributed by atoms with van der Waals surface area (Å²) in [5.41, 5.74) is 5.85. The van der Waals surface area contributed by atoms with Crippen molar-refractivity contribution in [3.05, 3.63) is 61.6 Å². The van der Waals surface area contributed by atoms with E-state index in [1.165, 1.54) is 24.1 Å². The van der Waals surface area contributed by atoms with E-state index in [1.54, 1.807) is 18.2 Å². The second-order valence-corrected chi connectivity index (χ2v) is 7.54. The van der Waals surface area contributed by atoms with Gasteiger partial charge in [-0.1, -0.05) is 34.5 Å². The van der Waals surface area contributed by atoms with E-state index in [-0.39, 0.29) is 17.9 Å². The summed E-state index contributed by atoms with van der Waals surface area (Å²) in [6.07, 6.45) is 1.89. The van der Waals surface area contributed by atoms with Crippen molar-refractivity contribution in [2.24, 2.45) is 10.8 Å². The second-order valence-electron chi connectivity index (χ2n) is 6.19. The highest BCUT2D eigenvalue weighted by molar-refractivity contribution is 9.10. The molecule has 1 amide bonds. The molecule has 8 nitrogen and oxygen atoms in total. The van der Waals surface area contributed by atoms with Gasteiger partial charge in [0.05, 0.1) is 24.2 Å². The topological polar surface area (TPSA) is 109 Å². The molecule has 1 heterocycles. The van der Waals surface area contributed by atoms with Crippen LogP contribution in [0.5, 0.6) is 11.5 Å². The third-order valence-corrected chi connectivity index (χ3v) is 4.84. The quantitative estimate of drug-likeness (QED) is 0.509. The first-order valence-electron chi connectivity index (χ1n) is 8.88. The Morgan fingerprint density at radius 2 is 2.13 bits per heavy atom. The molecule has 0 unspecified atom stereocenters. The molecule has 0 aliphatic carbocycles. The number of halogens is 2. The molecule has 10 heteroatoms. The number of primary amides is 1. The maximum Gasteiger partial charge on any atom is 0.282 e. The first-order valence-corrected chi connectivity index (χ1v) is 10.0. The summed E-state index contributed by atoms with van der Waals surface area (Å²) in [5, 5.41) is 5.11. The van der Waals surface area contributed by atoms with E-state index in [1.807, 2.05) is 13.0 Å². The van der Waals surface area contributed by atoms with Gasteiger partial charge in [0, 0.05) is 27.5 Å². The minimum Gasteiger partial charge on any atom is -0.493 e. The highest BCUT2D eigenvalue weighted by Crippen LogP contribution is 2.34. The lowest BCUT2D eigenvalue weighted by Crippen LogP contribution is -2.22. The Kier molecular flexibility index (Phi) is 6.73. The number of hydrogen-bond donors (Lipinski definition) is 1. The number of nitrogens with two attached hydrogens (primary N) is 1. The van der Waals surface area contributed by atoms with Crippen molar-refractivity contribution in [2.75, 3.05) is 13.7 Å². The molecular weight excluding hydrogens is 476 g/mol. The van der Waals surface area contributed by atoms with Gasteiger partial charge < -0.3 is 15.2 Å². The lowest BCUT2D eigenvalue weighted by molar-refractivity contribution is -0.119. The van der Waals surface area contributed by atoms with Crippen LogP contribution in [0.25, 0.3) is 10.9 Å². The summed E-state index contributed by atoms with van der Waals surface area (Å²) in [5.74, 6) is 0.365. The minimum atomic E-state index is -0.649. The third-order valence-electron chi connectivity index (χ3n) is 4.13. The Hall–Kier alpha value is -2.91. The molecular formula is C20H18BrClN4O4. The molecule has 0 saturated carbocycles. The van der Waals surface area contributed by atoms with Crippen LogP contribution in [0.4, 0.5) is 0 Å². The average molecular weight is 494 g/mol. The maximum absolute atomic E-state index is 13.0. The second kappa shape index (κ2) is 9.27. The molecule has 0 fully saturated rings. The molecule has 2 aromatic carbocycles. The summed E-state index contributed by atoms with van der Waals surface area (Å²) in [4.78, 5) is 28.7. The van der Waals surface area contributed by atoms with Gasteiger partial charge in [-0.3, -0.25) is 9.59 Å². The molecule has 1 aromatic heterocycles. The van der Waals surface area contributed by atoms with Crippen molar-refractivity contribution in [3.8, 4) is 11.5 Å². The van der Waals surface area contributed by atoms with E-state index in [2.05, 4.69) is 26.0 Å². The molecule has 0 aliphatic rings. The van der Waals surface area contributed by atoms with Crippen molar-refractivity contribution in [3.63, 3.8) is 0 Å². The summed E-state index contributed by atoms with van der Waals surface area (Å²) in [7, 11) is 1.44. The fraction of sp³-hybridized carbons (Fsp3) is 0.200. The normalized spacial score (nSPS) is 11.2. The highest BCUT2D eigenvalue weighted by Gasteiger charge is 2.14. The van der Waals surface area contributed by atoms with Crippen molar-refractivity contribution >= 4 is 50.6 Å². The third kappa shape index (κ3) is 4.63. The van der Waals surface area contributed by atoms with Gasteiger partial charge in [0.2, 0.25) is 0 Å². The molecule has 0 radical (unpaired) electrons. The highest BCUT2D eigenvalue weighted by atomic mass is 79.9. The molecule has 3 rings (SSSR count). The number of nitrogens with zero attached hydrogens (tertiary/aromatic N) is 3. The smallest absolute Gasteiger partial charge is 0.282 e. The van der Waals surface area contributed by atoms with Crippen molar-refractivity contribution < 1.29 is 14.3 Å². The van der Waals surface area contributed by atoms with Gasteiger partial charge in [-0.25, -0.2) is 4.98 Å². The van der Waals surface area contributed by atoms with Crippen LogP contribution in [0, 0.1) is 0 Å². The van der Waals surface area contributed by atoms with Crippen LogP contribution in [0.2, 0.25) is 5.02 Å². The van der Waals surface area contributed by atoms with Crippen molar-refractivity contribution in [1.29, 1.82) is 0 Å². The summed E-state index contributed by atoms with van der Waals surface area (Å²) < 4.78 is 12.7. The Bertz CT molecular complexity index is 1210. The molecule has 0 bridgehead atoms. The number of amides is 1. The molecule has 3 aromatic rings. The fourth-order valence-electron chi connectivity index (χ4n) is 2.80. The van der Waals surface area contributed by atoms with Crippen LogP contribution < -0.4 is 20.8 Å². The molecule has 0 spiro atoms. The fourth-order valence-corrected chi connectivity index (χ4v) is 3.37. The van der Waals surface area contributed by atoms with Crippen molar-refractivity contribution in [2.45, 2.75) is 13.3 Å². The molecule has 0 saturated heterocycles. The number of carbonyl (C=O) groups is 1. The van der Waals surface area contributed by atoms with Gasteiger partial charge in [-0.15, -0.1) is 0 Å². The van der Waals surface area contributed by atoms with Gasteiger partial charge in [0.1, 0.15) is 5.82 Å². The first kappa shape index (κ1) is 21.8. The van der Waals surface area contributed by atoms with Gasteiger partial charge in [-0.2, -0.15) is 9.78 Å². The number of methoxy groups -OCH3 is 1. The van der Waals surface area contributed by atoms with Gasteiger partial charge in [0.15, 0.2) is 18.1 Å². The van der Waals surface area contributed by atoms with Crippen LogP contribution in [0.15, 0.2) is 44.7 Å². The SMILES string of the molecule is CCc1nc2ccc(Br)cc2c(=O)n1N=Cc1cc(Cl)cc(OC)c1OCC(N)=O. The van der Waals surface area contributed by atoms with E-state index in [0.29, 0.717) is 39.5 Å². The van der Waals surface area contributed by atoms with E-state index >= 15 is 0 Å². The zero-order valence-corrected chi connectivity index (χ0v) is 18.5. The van der Waals surface area contributed by atoms with Gasteiger partial charge in [0.25, 0.3) is 11.5 Å². The van der Waals surface area contributed by atoms with E-state index < -0.39 is 5.91 Å². The van der Waals surface area contributed by atoms with Crippen LogP contribution in [-0.4, -0.2) is 35.5 Å². The molecule has 0 atom stereocenters. The Labute approximate surface area is 185 Å². The van der Waals surface area contributed by atoms with Crippen LogP contribution in [-0.2, 0) is 11.2 Å². The van der Waals surface area contributed by atoms with Gasteiger partial charge >= 0.3 is 0 Å². The Morgan fingerprint density at radius 1 is 1.37 bits per heavy atom. The number of aromatic nitrogens is 2. The Morgan fingerprint density at radius 3 is 2.80 bits per heavy atom. The zero-order chi connectivity index (χ0) is 21.8. The largest absolute Gasteiger partial charge is 0.493 e. The van der Waals surface area contributed by atoms with E-state index in [9.17, 15) is 9.59 Å².